The van der Waals surface area contributed by atoms with Crippen LogP contribution < -0.4 is 5.32 Å². The van der Waals surface area contributed by atoms with E-state index in [9.17, 15) is 18.0 Å². The zero-order valence-electron chi connectivity index (χ0n) is 9.66. The molecule has 0 unspecified atom stereocenters. The molecule has 2 N–H and O–H groups in total. The molecule has 0 saturated heterocycles. The molecule has 1 amide bonds. The number of aromatic amines is 1. The van der Waals surface area contributed by atoms with Crippen LogP contribution in [0.5, 0.6) is 0 Å². The Morgan fingerprint density at radius 1 is 1.21 bits per heavy atom. The Balaban J connectivity index is 1.98. The summed E-state index contributed by atoms with van der Waals surface area (Å²) >= 11 is 0. The van der Waals surface area contributed by atoms with Gasteiger partial charge in [-0.1, -0.05) is 24.3 Å². The molecule has 1 heterocycles. The zero-order chi connectivity index (χ0) is 13.9. The van der Waals surface area contributed by atoms with Gasteiger partial charge in [0.25, 0.3) is 0 Å². The van der Waals surface area contributed by atoms with Gasteiger partial charge in [-0.2, -0.15) is 18.3 Å². The van der Waals surface area contributed by atoms with Crippen molar-refractivity contribution in [3.63, 3.8) is 0 Å². The third-order valence-electron chi connectivity index (χ3n) is 2.48. The van der Waals surface area contributed by atoms with Crippen molar-refractivity contribution < 1.29 is 18.0 Å². The second-order valence-electron chi connectivity index (χ2n) is 3.85. The van der Waals surface area contributed by atoms with Crippen LogP contribution >= 0.6 is 0 Å². The molecular weight excluding hydrogens is 259 g/mol. The number of rotatable bonds is 3. The molecule has 1 aromatic heterocycles. The van der Waals surface area contributed by atoms with Crippen LogP contribution in [0.2, 0.25) is 0 Å². The standard InChI is InChI=1S/C12H10F3N3O/c13-12(14,15)11(19)16-7-8-1-3-9(4-2-8)10-5-6-17-18-10/h1-6H,7H2,(H,16,19)(H,17,18). The first-order valence-corrected chi connectivity index (χ1v) is 5.40. The first-order chi connectivity index (χ1) is 8.97. The van der Waals surface area contributed by atoms with E-state index in [1.807, 2.05) is 5.32 Å². The molecule has 0 atom stereocenters. The maximum atomic E-state index is 12.0. The van der Waals surface area contributed by atoms with Crippen molar-refractivity contribution >= 4 is 5.91 Å². The largest absolute Gasteiger partial charge is 0.471 e. The molecule has 7 heteroatoms. The van der Waals surface area contributed by atoms with Crippen LogP contribution in [0.4, 0.5) is 13.2 Å². The van der Waals surface area contributed by atoms with Crippen molar-refractivity contribution in [1.29, 1.82) is 0 Å². The van der Waals surface area contributed by atoms with Crippen molar-refractivity contribution in [2.75, 3.05) is 0 Å². The van der Waals surface area contributed by atoms with Gasteiger partial charge in [-0.05, 0) is 17.2 Å². The first kappa shape index (κ1) is 13.1. The molecule has 0 aliphatic heterocycles. The van der Waals surface area contributed by atoms with Gasteiger partial charge in [-0.15, -0.1) is 0 Å². The quantitative estimate of drug-likeness (QED) is 0.897. The third kappa shape index (κ3) is 3.34. The number of aromatic nitrogens is 2. The summed E-state index contributed by atoms with van der Waals surface area (Å²) in [6, 6.07) is 8.55. The molecule has 1 aromatic carbocycles. The van der Waals surface area contributed by atoms with Crippen LogP contribution in [-0.2, 0) is 11.3 Å². The summed E-state index contributed by atoms with van der Waals surface area (Å²) in [4.78, 5) is 10.6. The number of amides is 1. The second kappa shape index (κ2) is 5.13. The van der Waals surface area contributed by atoms with Gasteiger partial charge < -0.3 is 5.32 Å². The highest BCUT2D eigenvalue weighted by Crippen LogP contribution is 2.17. The van der Waals surface area contributed by atoms with Gasteiger partial charge in [-0.25, -0.2) is 0 Å². The maximum Gasteiger partial charge on any atom is 0.471 e. The molecule has 4 nitrogen and oxygen atoms in total. The summed E-state index contributed by atoms with van der Waals surface area (Å²) in [5, 5.41) is 8.38. The van der Waals surface area contributed by atoms with E-state index in [1.165, 1.54) is 0 Å². The Labute approximate surface area is 106 Å². The van der Waals surface area contributed by atoms with Gasteiger partial charge in [0, 0.05) is 12.7 Å². The van der Waals surface area contributed by atoms with E-state index in [4.69, 9.17) is 0 Å². The minimum atomic E-state index is -4.85. The highest BCUT2D eigenvalue weighted by Gasteiger charge is 2.38. The Kier molecular flexibility index (Phi) is 3.55. The molecule has 2 rings (SSSR count). The summed E-state index contributed by atoms with van der Waals surface area (Å²) in [5.74, 6) is -1.94. The molecule has 0 fully saturated rings. The number of alkyl halides is 3. The Morgan fingerprint density at radius 2 is 1.89 bits per heavy atom. The van der Waals surface area contributed by atoms with E-state index in [0.717, 1.165) is 11.3 Å². The predicted molar refractivity (Wildman–Crippen MR) is 61.9 cm³/mol. The second-order valence-corrected chi connectivity index (χ2v) is 3.85. The SMILES string of the molecule is O=C(NCc1ccc(-c2ccn[nH]2)cc1)C(F)(F)F. The third-order valence-corrected chi connectivity index (χ3v) is 2.48. The number of halogens is 3. The van der Waals surface area contributed by atoms with Gasteiger partial charge >= 0.3 is 12.1 Å². The lowest BCUT2D eigenvalue weighted by Crippen LogP contribution is -2.36. The average Bonchev–Trinajstić information content (AvgIpc) is 2.89. The maximum absolute atomic E-state index is 12.0. The average molecular weight is 269 g/mol. The molecule has 0 spiro atoms. The molecule has 19 heavy (non-hydrogen) atoms. The number of carbonyl (C=O) groups excluding carboxylic acids is 1. The minimum Gasteiger partial charge on any atom is -0.344 e. The molecular formula is C12H10F3N3O. The fraction of sp³-hybridized carbons (Fsp3) is 0.167. The van der Waals surface area contributed by atoms with E-state index in [2.05, 4.69) is 10.2 Å². The smallest absolute Gasteiger partial charge is 0.344 e. The minimum absolute atomic E-state index is 0.165. The molecule has 0 bridgehead atoms. The van der Waals surface area contributed by atoms with Gasteiger partial charge in [0.15, 0.2) is 0 Å². The van der Waals surface area contributed by atoms with Crippen molar-refractivity contribution in [2.24, 2.45) is 0 Å². The first-order valence-electron chi connectivity index (χ1n) is 5.40. The summed E-state index contributed by atoms with van der Waals surface area (Å²) in [7, 11) is 0. The molecule has 2 aromatic rings. The summed E-state index contributed by atoms with van der Waals surface area (Å²) in [5.41, 5.74) is 2.26. The number of H-pyrrole nitrogens is 1. The van der Waals surface area contributed by atoms with Crippen LogP contribution in [0.1, 0.15) is 5.56 Å². The van der Waals surface area contributed by atoms with Crippen molar-refractivity contribution in [3.8, 4) is 11.3 Å². The number of nitrogens with one attached hydrogen (secondary N) is 2. The summed E-state index contributed by atoms with van der Waals surface area (Å²) in [6.45, 7) is -0.165. The predicted octanol–water partition coefficient (Wildman–Crippen LogP) is 2.26. The van der Waals surface area contributed by atoms with Gasteiger partial charge in [0.2, 0.25) is 0 Å². The van der Waals surface area contributed by atoms with Crippen LogP contribution in [0.25, 0.3) is 11.3 Å². The molecule has 0 radical (unpaired) electrons. The van der Waals surface area contributed by atoms with Crippen LogP contribution in [-0.4, -0.2) is 22.3 Å². The lowest BCUT2D eigenvalue weighted by Gasteiger charge is -2.08. The van der Waals surface area contributed by atoms with Crippen molar-refractivity contribution in [3.05, 3.63) is 42.1 Å². The molecule has 0 aliphatic rings. The van der Waals surface area contributed by atoms with Crippen LogP contribution in [0.15, 0.2) is 36.5 Å². The van der Waals surface area contributed by atoms with E-state index in [1.54, 1.807) is 36.5 Å². The molecule has 100 valence electrons. The summed E-state index contributed by atoms with van der Waals surface area (Å²) in [6.07, 6.45) is -3.25. The number of nitrogens with zero attached hydrogens (tertiary/aromatic N) is 1. The van der Waals surface area contributed by atoms with Gasteiger partial charge in [0.1, 0.15) is 0 Å². The van der Waals surface area contributed by atoms with E-state index in [-0.39, 0.29) is 6.54 Å². The normalized spacial score (nSPS) is 11.3. The number of benzene rings is 1. The highest BCUT2D eigenvalue weighted by molar-refractivity contribution is 5.81. The fourth-order valence-corrected chi connectivity index (χ4v) is 1.50. The van der Waals surface area contributed by atoms with E-state index in [0.29, 0.717) is 5.56 Å². The number of hydrogen-bond donors (Lipinski definition) is 2. The molecule has 0 saturated carbocycles. The zero-order valence-corrected chi connectivity index (χ0v) is 9.66. The van der Waals surface area contributed by atoms with Crippen LogP contribution in [0.3, 0.4) is 0 Å². The van der Waals surface area contributed by atoms with Crippen LogP contribution in [0, 0.1) is 0 Å². The summed E-state index contributed by atoms with van der Waals surface area (Å²) < 4.78 is 35.9. The Hall–Kier alpha value is -2.31. The number of hydrogen-bond acceptors (Lipinski definition) is 2. The van der Waals surface area contributed by atoms with E-state index < -0.39 is 12.1 Å². The lowest BCUT2D eigenvalue weighted by atomic mass is 10.1. The van der Waals surface area contributed by atoms with Gasteiger partial charge in [-0.3, -0.25) is 9.89 Å². The van der Waals surface area contributed by atoms with Crippen molar-refractivity contribution in [1.82, 2.24) is 15.5 Å². The monoisotopic (exact) mass is 269 g/mol. The number of carbonyl (C=O) groups is 1. The van der Waals surface area contributed by atoms with Gasteiger partial charge in [0.05, 0.1) is 5.69 Å². The molecule has 0 aliphatic carbocycles. The van der Waals surface area contributed by atoms with E-state index >= 15 is 0 Å². The Bertz CT molecular complexity index is 547. The Morgan fingerprint density at radius 3 is 2.42 bits per heavy atom. The highest BCUT2D eigenvalue weighted by atomic mass is 19.4. The lowest BCUT2D eigenvalue weighted by molar-refractivity contribution is -0.173. The topological polar surface area (TPSA) is 57.8 Å². The fourth-order valence-electron chi connectivity index (χ4n) is 1.50. The van der Waals surface area contributed by atoms with Crippen molar-refractivity contribution in [2.45, 2.75) is 12.7 Å².